The molecule has 3 rings (SSSR count). The predicted molar refractivity (Wildman–Crippen MR) is 72.2 cm³/mol. The van der Waals surface area contributed by atoms with Gasteiger partial charge in [0.15, 0.2) is 11.9 Å². The van der Waals surface area contributed by atoms with Crippen LogP contribution in [0.3, 0.4) is 0 Å². The van der Waals surface area contributed by atoms with Gasteiger partial charge in [-0.25, -0.2) is 9.67 Å². The lowest BCUT2D eigenvalue weighted by atomic mass is 10.1. The summed E-state index contributed by atoms with van der Waals surface area (Å²) in [5.74, 6) is -0.450. The molecule has 0 spiro atoms. The van der Waals surface area contributed by atoms with E-state index in [1.54, 1.807) is 0 Å². The molecular weight excluding hydrogens is 296 g/mol. The smallest absolute Gasteiger partial charge is 0.262 e. The first-order valence-electron chi connectivity index (χ1n) is 6.38. The third-order valence-corrected chi connectivity index (χ3v) is 3.51. The summed E-state index contributed by atoms with van der Waals surface area (Å²) in [5, 5.41) is 40.4. The molecule has 11 heteroatoms. The fourth-order valence-corrected chi connectivity index (χ4v) is 2.43. The van der Waals surface area contributed by atoms with Crippen LogP contribution < -0.4 is 11.3 Å². The lowest BCUT2D eigenvalue weighted by Gasteiger charge is -2.15. The lowest BCUT2D eigenvalue weighted by Crippen LogP contribution is -2.33. The van der Waals surface area contributed by atoms with Crippen LogP contribution in [-0.2, 0) is 4.74 Å². The molecule has 4 atom stereocenters. The van der Waals surface area contributed by atoms with Crippen molar-refractivity contribution in [2.75, 3.05) is 6.61 Å². The summed E-state index contributed by atoms with van der Waals surface area (Å²) in [4.78, 5) is 18.2. The summed E-state index contributed by atoms with van der Waals surface area (Å²) < 4.78 is 6.42. The second kappa shape index (κ2) is 5.14. The average molecular weight is 310 g/mol. The Morgan fingerprint density at radius 3 is 2.82 bits per heavy atom. The molecule has 2 aromatic rings. The molecule has 2 aromatic heterocycles. The molecule has 0 bridgehead atoms. The van der Waals surface area contributed by atoms with E-state index in [0.29, 0.717) is 0 Å². The standard InChI is InChI=1S/C11H14N6O5/c12-8(13)5-4-9(14-2-15-10(4)21)17(16-5)11-7(20)6(19)3(1-18)22-11/h2-3,6-7,11,18-20H,1H2,(H3,12,13)(H,14,15,21)/t3-,6+,7+,11-/m0/s1. The number of aliphatic hydroxyl groups excluding tert-OH is 3. The number of aromatic amines is 1. The van der Waals surface area contributed by atoms with Crippen LogP contribution in [0, 0.1) is 5.41 Å². The Balaban J connectivity index is 2.18. The maximum atomic E-state index is 11.9. The molecule has 1 saturated heterocycles. The van der Waals surface area contributed by atoms with Gasteiger partial charge in [-0.3, -0.25) is 10.2 Å². The van der Waals surface area contributed by atoms with Gasteiger partial charge >= 0.3 is 0 Å². The van der Waals surface area contributed by atoms with Gasteiger partial charge in [0.25, 0.3) is 5.56 Å². The molecule has 0 aromatic carbocycles. The number of hydrogen-bond donors (Lipinski definition) is 6. The zero-order valence-electron chi connectivity index (χ0n) is 11.2. The molecule has 1 fully saturated rings. The van der Waals surface area contributed by atoms with Crippen LogP contribution in [0.5, 0.6) is 0 Å². The molecule has 0 saturated carbocycles. The van der Waals surface area contributed by atoms with Crippen molar-refractivity contribution >= 4 is 16.9 Å². The predicted octanol–water partition coefficient (Wildman–Crippen LogP) is -2.98. The van der Waals surface area contributed by atoms with E-state index >= 15 is 0 Å². The van der Waals surface area contributed by atoms with E-state index in [4.69, 9.17) is 21.0 Å². The maximum Gasteiger partial charge on any atom is 0.262 e. The quantitative estimate of drug-likeness (QED) is 0.256. The molecule has 0 radical (unpaired) electrons. The summed E-state index contributed by atoms with van der Waals surface area (Å²) in [6.07, 6.45) is -3.74. The van der Waals surface area contributed by atoms with Gasteiger partial charge in [-0.1, -0.05) is 0 Å². The number of hydrogen-bond acceptors (Lipinski definition) is 8. The van der Waals surface area contributed by atoms with E-state index in [0.717, 1.165) is 11.0 Å². The molecule has 0 unspecified atom stereocenters. The highest BCUT2D eigenvalue weighted by atomic mass is 16.6. The number of nitrogens with two attached hydrogens (primary N) is 1. The number of fused-ring (bicyclic) bond motifs is 1. The first kappa shape index (κ1) is 14.6. The second-order valence-corrected chi connectivity index (χ2v) is 4.87. The van der Waals surface area contributed by atoms with Gasteiger partial charge in [-0.15, -0.1) is 0 Å². The Bertz CT molecular complexity index is 785. The van der Waals surface area contributed by atoms with Crippen molar-refractivity contribution < 1.29 is 20.1 Å². The first-order chi connectivity index (χ1) is 10.5. The van der Waals surface area contributed by atoms with Crippen molar-refractivity contribution in [2.24, 2.45) is 5.73 Å². The van der Waals surface area contributed by atoms with Crippen LogP contribution >= 0.6 is 0 Å². The van der Waals surface area contributed by atoms with E-state index < -0.39 is 42.5 Å². The van der Waals surface area contributed by atoms with E-state index in [9.17, 15) is 15.0 Å². The molecule has 7 N–H and O–H groups in total. The number of H-pyrrole nitrogens is 1. The largest absolute Gasteiger partial charge is 0.394 e. The van der Waals surface area contributed by atoms with Gasteiger partial charge in [-0.2, -0.15) is 5.10 Å². The summed E-state index contributed by atoms with van der Waals surface area (Å²) >= 11 is 0. The van der Waals surface area contributed by atoms with E-state index in [1.807, 2.05) is 0 Å². The summed E-state index contributed by atoms with van der Waals surface area (Å²) in [6.45, 7) is -0.499. The minimum absolute atomic E-state index is 0.0206. The zero-order chi connectivity index (χ0) is 16.0. The average Bonchev–Trinajstić information content (AvgIpc) is 3.00. The van der Waals surface area contributed by atoms with Crippen molar-refractivity contribution in [3.63, 3.8) is 0 Å². The SMILES string of the molecule is N=C(N)c1nn([C@H]2O[C@@H](CO)[C@@H](O)[C@H]2O)c2nc[nH]c(=O)c12. The molecule has 3 heterocycles. The van der Waals surface area contributed by atoms with Crippen LogP contribution in [-0.4, -0.2) is 65.8 Å². The van der Waals surface area contributed by atoms with Crippen LogP contribution in [0.2, 0.25) is 0 Å². The van der Waals surface area contributed by atoms with Crippen molar-refractivity contribution in [1.29, 1.82) is 5.41 Å². The molecule has 118 valence electrons. The highest BCUT2D eigenvalue weighted by Crippen LogP contribution is 2.30. The van der Waals surface area contributed by atoms with Gasteiger partial charge in [0.05, 0.1) is 12.9 Å². The van der Waals surface area contributed by atoms with Crippen molar-refractivity contribution in [3.8, 4) is 0 Å². The van der Waals surface area contributed by atoms with E-state index in [-0.39, 0.29) is 16.7 Å². The third kappa shape index (κ3) is 1.99. The van der Waals surface area contributed by atoms with Gasteiger partial charge in [0.2, 0.25) is 0 Å². The highest BCUT2D eigenvalue weighted by molar-refractivity contribution is 6.04. The lowest BCUT2D eigenvalue weighted by molar-refractivity contribution is -0.0566. The highest BCUT2D eigenvalue weighted by Gasteiger charge is 2.44. The molecule has 1 aliphatic rings. The molecule has 1 aliphatic heterocycles. The molecule has 22 heavy (non-hydrogen) atoms. The number of nitrogens with one attached hydrogen (secondary N) is 2. The Hall–Kier alpha value is -2.34. The number of ether oxygens (including phenoxy) is 1. The summed E-state index contributed by atoms with van der Waals surface area (Å²) in [6, 6.07) is 0. The topological polar surface area (TPSA) is 183 Å². The number of aromatic nitrogens is 4. The van der Waals surface area contributed by atoms with Crippen molar-refractivity contribution in [2.45, 2.75) is 24.5 Å². The first-order valence-corrected chi connectivity index (χ1v) is 6.38. The van der Waals surface area contributed by atoms with Gasteiger partial charge < -0.3 is 30.8 Å². The van der Waals surface area contributed by atoms with Crippen molar-refractivity contribution in [1.82, 2.24) is 19.7 Å². The number of nitrogens with zero attached hydrogens (tertiary/aromatic N) is 3. The van der Waals surface area contributed by atoms with Gasteiger partial charge in [0.1, 0.15) is 35.2 Å². The number of rotatable bonds is 3. The molecule has 0 amide bonds. The number of nitrogen functional groups attached to an aromatic ring is 1. The number of amidine groups is 1. The van der Waals surface area contributed by atoms with Gasteiger partial charge in [-0.05, 0) is 0 Å². The molecule has 0 aliphatic carbocycles. The maximum absolute atomic E-state index is 11.9. The van der Waals surface area contributed by atoms with E-state index in [1.165, 1.54) is 0 Å². The molecule has 11 nitrogen and oxygen atoms in total. The van der Waals surface area contributed by atoms with E-state index in [2.05, 4.69) is 15.1 Å². The Labute approximate surface area is 122 Å². The molecular formula is C11H14N6O5. The fraction of sp³-hybridized carbons (Fsp3) is 0.455. The van der Waals surface area contributed by atoms with Crippen LogP contribution in [0.15, 0.2) is 11.1 Å². The Morgan fingerprint density at radius 1 is 1.50 bits per heavy atom. The minimum Gasteiger partial charge on any atom is -0.394 e. The zero-order valence-corrected chi connectivity index (χ0v) is 11.2. The van der Waals surface area contributed by atoms with Crippen molar-refractivity contribution in [3.05, 3.63) is 22.4 Å². The third-order valence-electron chi connectivity index (χ3n) is 3.51. The second-order valence-electron chi connectivity index (χ2n) is 4.87. The Morgan fingerprint density at radius 2 is 2.23 bits per heavy atom. The Kier molecular flexibility index (Phi) is 3.41. The fourth-order valence-electron chi connectivity index (χ4n) is 2.43. The van der Waals surface area contributed by atoms with Crippen LogP contribution in [0.1, 0.15) is 11.9 Å². The van der Waals surface area contributed by atoms with Crippen LogP contribution in [0.25, 0.3) is 11.0 Å². The van der Waals surface area contributed by atoms with Gasteiger partial charge in [0, 0.05) is 0 Å². The monoisotopic (exact) mass is 310 g/mol. The normalized spacial score (nSPS) is 28.3. The number of aliphatic hydroxyl groups is 3. The summed E-state index contributed by atoms with van der Waals surface area (Å²) in [7, 11) is 0. The van der Waals surface area contributed by atoms with Crippen LogP contribution in [0.4, 0.5) is 0 Å². The summed E-state index contributed by atoms with van der Waals surface area (Å²) in [5.41, 5.74) is 4.80. The minimum atomic E-state index is -1.39.